The van der Waals surface area contributed by atoms with Crippen molar-refractivity contribution in [2.75, 3.05) is 18.0 Å². The summed E-state index contributed by atoms with van der Waals surface area (Å²) in [6, 6.07) is 18.2. The molecule has 2 amide bonds. The van der Waals surface area contributed by atoms with E-state index in [1.54, 1.807) is 16.2 Å². The second kappa shape index (κ2) is 9.60. The third kappa shape index (κ3) is 4.83. The molecule has 3 aromatic rings. The van der Waals surface area contributed by atoms with Crippen molar-refractivity contribution in [2.24, 2.45) is 11.7 Å². The minimum absolute atomic E-state index is 0.424. The first-order valence-corrected chi connectivity index (χ1v) is 11.5. The normalized spacial score (nSPS) is 15.9. The Morgan fingerprint density at radius 1 is 1.20 bits per heavy atom. The van der Waals surface area contributed by atoms with Crippen molar-refractivity contribution in [1.29, 1.82) is 0 Å². The van der Waals surface area contributed by atoms with Crippen LogP contribution >= 0.6 is 11.3 Å². The number of carbonyl (C=O) groups excluding carboxylic acids is 1. The maximum absolute atomic E-state index is 12.5. The van der Waals surface area contributed by atoms with Crippen molar-refractivity contribution in [3.8, 4) is 0 Å². The van der Waals surface area contributed by atoms with Crippen LogP contribution in [-0.4, -0.2) is 25.2 Å². The van der Waals surface area contributed by atoms with E-state index in [0.717, 1.165) is 45.3 Å². The number of anilines is 2. The minimum atomic E-state index is -0.461. The van der Waals surface area contributed by atoms with Crippen LogP contribution < -0.4 is 21.3 Å². The Balaban J connectivity index is 1.52. The van der Waals surface area contributed by atoms with Gasteiger partial charge in [0.05, 0.1) is 5.69 Å². The molecule has 0 aliphatic carbocycles. The molecular weight excluding hydrogens is 392 g/mol. The van der Waals surface area contributed by atoms with Crippen LogP contribution in [0.25, 0.3) is 10.1 Å². The van der Waals surface area contributed by atoms with E-state index in [2.05, 4.69) is 35.8 Å². The fraction of sp³-hybridized carbons (Fsp3) is 0.375. The highest BCUT2D eigenvalue weighted by Crippen LogP contribution is 2.37. The molecule has 158 valence electrons. The Hall–Kier alpha value is -2.41. The number of hydrogen-bond donors (Lipinski definition) is 3. The number of benzene rings is 2. The van der Waals surface area contributed by atoms with Crippen molar-refractivity contribution >= 4 is 38.1 Å². The molecule has 1 fully saturated rings. The molecule has 2 heterocycles. The highest BCUT2D eigenvalue weighted by Gasteiger charge is 2.21. The summed E-state index contributed by atoms with van der Waals surface area (Å²) in [4.78, 5) is 14.1. The number of nitrogens with two attached hydrogens (primary N) is 1. The van der Waals surface area contributed by atoms with Gasteiger partial charge in [-0.05, 0) is 74.3 Å². The second-order valence-corrected chi connectivity index (χ2v) is 9.20. The number of para-hydroxylation sites is 1. The Labute approximate surface area is 182 Å². The molecule has 1 aliphatic rings. The quantitative estimate of drug-likeness (QED) is 0.503. The first-order chi connectivity index (χ1) is 14.6. The highest BCUT2D eigenvalue weighted by atomic mass is 32.1. The van der Waals surface area contributed by atoms with Gasteiger partial charge < -0.3 is 16.4 Å². The third-order valence-corrected chi connectivity index (χ3v) is 6.97. The number of nitrogens with one attached hydrogen (secondary N) is 2. The zero-order valence-electron chi connectivity index (χ0n) is 17.4. The number of piperidine rings is 1. The second-order valence-electron chi connectivity index (χ2n) is 8.14. The van der Waals surface area contributed by atoms with E-state index in [0.29, 0.717) is 12.6 Å². The molecule has 6 heteroatoms. The van der Waals surface area contributed by atoms with Gasteiger partial charge in [-0.3, -0.25) is 4.90 Å². The topological polar surface area (TPSA) is 70.4 Å². The van der Waals surface area contributed by atoms with Crippen LogP contribution in [0.15, 0.2) is 54.6 Å². The Morgan fingerprint density at radius 2 is 1.93 bits per heavy atom. The van der Waals surface area contributed by atoms with Crippen LogP contribution in [0.2, 0.25) is 0 Å². The third-order valence-electron chi connectivity index (χ3n) is 5.87. The molecule has 0 spiro atoms. The highest BCUT2D eigenvalue weighted by molar-refractivity contribution is 7.23. The molecule has 30 heavy (non-hydrogen) atoms. The molecule has 1 atom stereocenters. The largest absolute Gasteiger partial charge is 0.351 e. The monoisotopic (exact) mass is 422 g/mol. The van der Waals surface area contributed by atoms with Crippen LogP contribution in [0, 0.1) is 5.92 Å². The fourth-order valence-electron chi connectivity index (χ4n) is 4.29. The van der Waals surface area contributed by atoms with Gasteiger partial charge in [0.25, 0.3) is 0 Å². The summed E-state index contributed by atoms with van der Waals surface area (Å²) in [7, 11) is 0. The van der Waals surface area contributed by atoms with Gasteiger partial charge in [0.15, 0.2) is 0 Å². The van der Waals surface area contributed by atoms with Crippen LogP contribution in [0.1, 0.15) is 31.7 Å². The molecule has 1 saturated heterocycles. The number of rotatable bonds is 7. The molecule has 0 bridgehead atoms. The SMILES string of the molecule is CC(CC1CCNCC1)NCc1ccccc1N(C(N)=O)c1cc2ccccc2s1. The van der Waals surface area contributed by atoms with Gasteiger partial charge in [-0.25, -0.2) is 4.79 Å². The number of urea groups is 1. The van der Waals surface area contributed by atoms with E-state index in [1.807, 2.05) is 36.4 Å². The molecule has 4 N–H and O–H groups in total. The summed E-state index contributed by atoms with van der Waals surface area (Å²) in [5, 5.41) is 9.06. The van der Waals surface area contributed by atoms with Crippen molar-refractivity contribution < 1.29 is 4.79 Å². The summed E-state index contributed by atoms with van der Waals surface area (Å²) in [5.41, 5.74) is 7.76. The number of primary amides is 1. The maximum atomic E-state index is 12.5. The number of thiophene rings is 1. The molecule has 1 aromatic heterocycles. The summed E-state index contributed by atoms with van der Waals surface area (Å²) >= 11 is 1.58. The molecule has 2 aromatic carbocycles. The fourth-order valence-corrected chi connectivity index (χ4v) is 5.37. The lowest BCUT2D eigenvalue weighted by Gasteiger charge is -2.27. The predicted molar refractivity (Wildman–Crippen MR) is 127 cm³/mol. The van der Waals surface area contributed by atoms with Crippen LogP contribution in [0.3, 0.4) is 0 Å². The van der Waals surface area contributed by atoms with Crippen LogP contribution in [0.4, 0.5) is 15.5 Å². The summed E-state index contributed by atoms with van der Waals surface area (Å²) in [6.07, 6.45) is 3.69. The van der Waals surface area contributed by atoms with Gasteiger partial charge in [0.2, 0.25) is 0 Å². The lowest BCUT2D eigenvalue weighted by Crippen LogP contribution is -2.34. The van der Waals surface area contributed by atoms with E-state index < -0.39 is 6.03 Å². The van der Waals surface area contributed by atoms with Gasteiger partial charge >= 0.3 is 6.03 Å². The van der Waals surface area contributed by atoms with Gasteiger partial charge in [-0.1, -0.05) is 36.4 Å². The number of fused-ring (bicyclic) bond motifs is 1. The Kier molecular flexibility index (Phi) is 6.67. The van der Waals surface area contributed by atoms with Crippen LogP contribution in [0.5, 0.6) is 0 Å². The Bertz CT molecular complexity index is 963. The minimum Gasteiger partial charge on any atom is -0.351 e. The lowest BCUT2D eigenvalue weighted by molar-refractivity contribution is 0.256. The van der Waals surface area contributed by atoms with E-state index in [9.17, 15) is 4.79 Å². The van der Waals surface area contributed by atoms with E-state index >= 15 is 0 Å². The zero-order valence-corrected chi connectivity index (χ0v) is 18.3. The van der Waals surface area contributed by atoms with E-state index in [4.69, 9.17) is 5.73 Å². The molecular formula is C24H30N4OS. The van der Waals surface area contributed by atoms with E-state index in [-0.39, 0.29) is 0 Å². The number of amides is 2. The van der Waals surface area contributed by atoms with Gasteiger partial charge in [0, 0.05) is 17.3 Å². The number of nitrogens with zero attached hydrogens (tertiary/aromatic N) is 1. The molecule has 5 nitrogen and oxygen atoms in total. The van der Waals surface area contributed by atoms with Crippen molar-refractivity contribution in [1.82, 2.24) is 10.6 Å². The maximum Gasteiger partial charge on any atom is 0.324 e. The molecule has 1 aliphatic heterocycles. The predicted octanol–water partition coefficient (Wildman–Crippen LogP) is 4.99. The Morgan fingerprint density at radius 3 is 2.70 bits per heavy atom. The van der Waals surface area contributed by atoms with Crippen LogP contribution in [-0.2, 0) is 6.54 Å². The summed E-state index contributed by atoms with van der Waals surface area (Å²) < 4.78 is 1.14. The smallest absolute Gasteiger partial charge is 0.324 e. The first-order valence-electron chi connectivity index (χ1n) is 10.7. The van der Waals surface area contributed by atoms with Crippen molar-refractivity contribution in [2.45, 2.75) is 38.8 Å². The van der Waals surface area contributed by atoms with Crippen molar-refractivity contribution in [3.63, 3.8) is 0 Å². The zero-order chi connectivity index (χ0) is 20.9. The van der Waals surface area contributed by atoms with Gasteiger partial charge in [-0.2, -0.15) is 0 Å². The summed E-state index contributed by atoms with van der Waals surface area (Å²) in [6.45, 7) is 5.21. The molecule has 4 rings (SSSR count). The lowest BCUT2D eigenvalue weighted by atomic mass is 9.91. The van der Waals surface area contributed by atoms with Gasteiger partial charge in [-0.15, -0.1) is 11.3 Å². The average Bonchev–Trinajstić information content (AvgIpc) is 3.17. The van der Waals surface area contributed by atoms with Gasteiger partial charge in [0.1, 0.15) is 5.00 Å². The molecule has 0 radical (unpaired) electrons. The number of hydrogen-bond acceptors (Lipinski definition) is 4. The van der Waals surface area contributed by atoms with E-state index in [1.165, 1.54) is 19.3 Å². The summed E-state index contributed by atoms with van der Waals surface area (Å²) in [5.74, 6) is 0.782. The molecule has 1 unspecified atom stereocenters. The first kappa shape index (κ1) is 20.8. The average molecular weight is 423 g/mol. The number of carbonyl (C=O) groups is 1. The van der Waals surface area contributed by atoms with Crippen molar-refractivity contribution in [3.05, 3.63) is 60.2 Å². The molecule has 0 saturated carbocycles. The standard InChI is InChI=1S/C24H30N4OS/c1-17(14-18-10-12-26-13-11-18)27-16-20-7-2-4-8-21(20)28(24(25)29)23-15-19-6-3-5-9-22(19)30-23/h2-9,15,17-18,26-27H,10-14,16H2,1H3,(H2,25,29).